The Morgan fingerprint density at radius 1 is 1.08 bits per heavy atom. The molecule has 2 aliphatic rings. The quantitative estimate of drug-likeness (QED) is 0.602. The second kappa shape index (κ2) is 5.86. The number of nitrogens with zero attached hydrogens (tertiary/aromatic N) is 2. The molecule has 2 aliphatic carbocycles. The zero-order valence-corrected chi connectivity index (χ0v) is 13.7. The van der Waals surface area contributed by atoms with Gasteiger partial charge in [-0.05, 0) is 56.7 Å². The smallest absolute Gasteiger partial charge is 0.189 e. The Morgan fingerprint density at radius 3 is 2.38 bits per heavy atom. The lowest BCUT2D eigenvalue weighted by atomic mass is 9.99. The zero-order chi connectivity index (χ0) is 16.7. The maximum absolute atomic E-state index is 12.7. The Labute approximate surface area is 141 Å². The summed E-state index contributed by atoms with van der Waals surface area (Å²) in [5, 5.41) is 4.35. The minimum Gasteiger partial charge on any atom is -0.294 e. The summed E-state index contributed by atoms with van der Waals surface area (Å²) >= 11 is 0. The van der Waals surface area contributed by atoms with Gasteiger partial charge in [-0.3, -0.25) is 9.59 Å². The molecule has 0 spiro atoms. The number of hydrogen-bond acceptors (Lipinski definition) is 3. The topological polar surface area (TPSA) is 52.0 Å². The van der Waals surface area contributed by atoms with Gasteiger partial charge in [0.05, 0.1) is 23.1 Å². The number of Topliss-reactive ketones (excluding diaryl/α,β-unsaturated/α-hetero) is 1. The number of allylic oxidation sites excluding steroid dienone is 2. The number of carbonyl (C=O) groups excluding carboxylic acids is 2. The number of carbonyl (C=O) groups is 2. The van der Waals surface area contributed by atoms with Gasteiger partial charge in [-0.1, -0.05) is 18.2 Å². The van der Waals surface area contributed by atoms with Gasteiger partial charge in [0.25, 0.3) is 0 Å². The molecule has 0 saturated heterocycles. The van der Waals surface area contributed by atoms with E-state index in [2.05, 4.69) is 5.10 Å². The minimum absolute atomic E-state index is 0.106. The Kier molecular flexibility index (Phi) is 3.68. The molecule has 122 valence electrons. The maximum Gasteiger partial charge on any atom is 0.189 e. The van der Waals surface area contributed by atoms with Crippen LogP contribution < -0.4 is 0 Å². The van der Waals surface area contributed by atoms with Crippen LogP contribution in [0.5, 0.6) is 0 Å². The lowest BCUT2D eigenvalue weighted by molar-refractivity contribution is -0.116. The highest BCUT2D eigenvalue weighted by molar-refractivity contribution is 6.11. The lowest BCUT2D eigenvalue weighted by Gasteiger charge is -2.05. The van der Waals surface area contributed by atoms with Crippen molar-refractivity contribution in [3.8, 4) is 5.69 Å². The zero-order valence-electron chi connectivity index (χ0n) is 13.7. The second-order valence-electron chi connectivity index (χ2n) is 6.77. The molecule has 0 amide bonds. The number of ketones is 2. The van der Waals surface area contributed by atoms with Crippen molar-refractivity contribution in [2.75, 3.05) is 0 Å². The largest absolute Gasteiger partial charge is 0.294 e. The molecular weight excluding hydrogens is 300 g/mol. The van der Waals surface area contributed by atoms with Crippen molar-refractivity contribution >= 4 is 11.6 Å². The highest BCUT2D eigenvalue weighted by Gasteiger charge is 2.38. The average molecular weight is 320 g/mol. The number of benzene rings is 1. The Morgan fingerprint density at radius 2 is 1.75 bits per heavy atom. The fraction of sp³-hybridized carbons (Fsp3) is 0.350. The molecule has 4 heteroatoms. The van der Waals surface area contributed by atoms with Gasteiger partial charge in [-0.15, -0.1) is 0 Å². The summed E-state index contributed by atoms with van der Waals surface area (Å²) in [5.41, 5.74) is 3.04. The van der Waals surface area contributed by atoms with Crippen LogP contribution in [0.15, 0.2) is 48.2 Å². The molecule has 0 radical (unpaired) electrons. The molecule has 0 aliphatic heterocycles. The molecule has 0 atom stereocenters. The van der Waals surface area contributed by atoms with Gasteiger partial charge >= 0.3 is 0 Å². The average Bonchev–Trinajstić information content (AvgIpc) is 3.50. The van der Waals surface area contributed by atoms with E-state index in [9.17, 15) is 9.59 Å². The van der Waals surface area contributed by atoms with Gasteiger partial charge in [0, 0.05) is 11.5 Å². The first-order valence-corrected chi connectivity index (χ1v) is 8.55. The Bertz CT molecular complexity index is 825. The molecular formula is C20H20N2O2. The van der Waals surface area contributed by atoms with E-state index in [-0.39, 0.29) is 17.5 Å². The van der Waals surface area contributed by atoms with Crippen molar-refractivity contribution in [2.24, 2.45) is 11.8 Å². The molecule has 1 aromatic heterocycles. The maximum atomic E-state index is 12.7. The van der Waals surface area contributed by atoms with Crippen molar-refractivity contribution in [1.29, 1.82) is 0 Å². The monoisotopic (exact) mass is 320 g/mol. The summed E-state index contributed by atoms with van der Waals surface area (Å²) in [6.07, 6.45) is 7.19. The van der Waals surface area contributed by atoms with Crippen molar-refractivity contribution in [2.45, 2.75) is 32.6 Å². The van der Waals surface area contributed by atoms with E-state index in [1.54, 1.807) is 17.0 Å². The number of para-hydroxylation sites is 1. The van der Waals surface area contributed by atoms with E-state index >= 15 is 0 Å². The number of rotatable bonds is 6. The summed E-state index contributed by atoms with van der Waals surface area (Å²) in [5.74, 6) is 0.550. The first-order chi connectivity index (χ1) is 11.6. The molecule has 4 nitrogen and oxygen atoms in total. The predicted octanol–water partition coefficient (Wildman–Crippen LogP) is 3.68. The predicted molar refractivity (Wildman–Crippen MR) is 91.2 cm³/mol. The highest BCUT2D eigenvalue weighted by Crippen LogP contribution is 2.42. The molecule has 0 unspecified atom stereocenters. The van der Waals surface area contributed by atoms with Crippen LogP contribution in [0.25, 0.3) is 5.69 Å². The van der Waals surface area contributed by atoms with Crippen LogP contribution in [0.3, 0.4) is 0 Å². The summed E-state index contributed by atoms with van der Waals surface area (Å²) in [6, 6.07) is 9.74. The third-order valence-corrected chi connectivity index (χ3v) is 4.81. The molecule has 0 N–H and O–H groups in total. The van der Waals surface area contributed by atoms with Crippen LogP contribution in [0.4, 0.5) is 0 Å². The van der Waals surface area contributed by atoms with Crippen molar-refractivity contribution in [3.63, 3.8) is 0 Å². The van der Waals surface area contributed by atoms with Gasteiger partial charge in [0.1, 0.15) is 0 Å². The van der Waals surface area contributed by atoms with Crippen molar-refractivity contribution in [1.82, 2.24) is 9.78 Å². The van der Waals surface area contributed by atoms with E-state index in [0.29, 0.717) is 11.5 Å². The third-order valence-electron chi connectivity index (χ3n) is 4.81. The normalized spacial score (nSPS) is 17.8. The van der Waals surface area contributed by atoms with Crippen LogP contribution in [0.1, 0.15) is 41.7 Å². The molecule has 2 fully saturated rings. The van der Waals surface area contributed by atoms with Crippen LogP contribution >= 0.6 is 0 Å². The fourth-order valence-corrected chi connectivity index (χ4v) is 3.07. The summed E-state index contributed by atoms with van der Waals surface area (Å²) in [7, 11) is 0. The minimum atomic E-state index is -0.106. The molecule has 0 bridgehead atoms. The first kappa shape index (κ1) is 15.1. The Hall–Kier alpha value is -2.49. The Balaban J connectivity index is 1.63. The van der Waals surface area contributed by atoms with Crippen LogP contribution in [-0.2, 0) is 4.79 Å². The van der Waals surface area contributed by atoms with Crippen LogP contribution in [0.2, 0.25) is 0 Å². The first-order valence-electron chi connectivity index (χ1n) is 8.55. The molecule has 2 saturated carbocycles. The molecule has 2 aromatic rings. The van der Waals surface area contributed by atoms with Gasteiger partial charge in [0.2, 0.25) is 0 Å². The van der Waals surface area contributed by atoms with Gasteiger partial charge in [0.15, 0.2) is 11.6 Å². The van der Waals surface area contributed by atoms with E-state index in [0.717, 1.165) is 42.6 Å². The molecule has 1 aromatic carbocycles. The summed E-state index contributed by atoms with van der Waals surface area (Å²) in [4.78, 5) is 25.1. The second-order valence-corrected chi connectivity index (χ2v) is 6.77. The van der Waals surface area contributed by atoms with E-state index in [4.69, 9.17) is 0 Å². The summed E-state index contributed by atoms with van der Waals surface area (Å²) < 4.78 is 1.76. The third kappa shape index (κ3) is 2.84. The van der Waals surface area contributed by atoms with Gasteiger partial charge in [-0.2, -0.15) is 5.10 Å². The van der Waals surface area contributed by atoms with Crippen molar-refractivity contribution in [3.05, 3.63) is 59.4 Å². The van der Waals surface area contributed by atoms with Gasteiger partial charge in [-0.25, -0.2) is 4.68 Å². The van der Waals surface area contributed by atoms with E-state index < -0.39 is 0 Å². The SMILES string of the molecule is Cc1c(C(=O)C=C(C(=O)C2CC2)C2CC2)cnn1-c1ccccc1. The lowest BCUT2D eigenvalue weighted by Crippen LogP contribution is -2.10. The van der Waals surface area contributed by atoms with Crippen LogP contribution in [-0.4, -0.2) is 21.3 Å². The number of aromatic nitrogens is 2. The highest BCUT2D eigenvalue weighted by atomic mass is 16.1. The van der Waals surface area contributed by atoms with E-state index in [1.165, 1.54) is 0 Å². The fourth-order valence-electron chi connectivity index (χ4n) is 3.07. The molecule has 4 rings (SSSR count). The molecule has 1 heterocycles. The number of hydrogen-bond donors (Lipinski definition) is 0. The molecule has 24 heavy (non-hydrogen) atoms. The summed E-state index contributed by atoms with van der Waals surface area (Å²) in [6.45, 7) is 1.89. The standard InChI is InChI=1S/C20H20N2O2/c1-13-18(12-21-22(13)16-5-3-2-4-6-16)19(23)11-17(14-7-8-14)20(24)15-9-10-15/h2-6,11-12,14-15H,7-10H2,1H3. The van der Waals surface area contributed by atoms with Crippen molar-refractivity contribution < 1.29 is 9.59 Å². The van der Waals surface area contributed by atoms with Crippen LogP contribution in [0, 0.1) is 18.8 Å². The van der Waals surface area contributed by atoms with Gasteiger partial charge < -0.3 is 0 Å². The van der Waals surface area contributed by atoms with E-state index in [1.807, 2.05) is 37.3 Å².